The summed E-state index contributed by atoms with van der Waals surface area (Å²) in [6.07, 6.45) is 0.567. The normalized spacial score (nSPS) is 8.78. The van der Waals surface area contributed by atoms with Crippen LogP contribution in [0.4, 0.5) is 0 Å². The van der Waals surface area contributed by atoms with E-state index in [4.69, 9.17) is 10.4 Å². The number of nitrogens with zero attached hydrogens (tertiary/aromatic N) is 2. The van der Waals surface area contributed by atoms with E-state index in [1.165, 1.54) is 0 Å². The lowest BCUT2D eigenvalue weighted by atomic mass is 10.8. The van der Waals surface area contributed by atoms with E-state index >= 15 is 0 Å². The monoisotopic (exact) mass is 128 g/mol. The van der Waals surface area contributed by atoms with Gasteiger partial charge in [-0.3, -0.25) is 0 Å². The molecule has 0 aromatic carbocycles. The van der Waals surface area contributed by atoms with Gasteiger partial charge in [-0.25, -0.2) is 4.79 Å². The van der Waals surface area contributed by atoms with E-state index in [2.05, 4.69) is 9.99 Å². The van der Waals surface area contributed by atoms with E-state index in [9.17, 15) is 4.79 Å². The summed E-state index contributed by atoms with van der Waals surface area (Å²) in [5.41, 5.74) is 0. The molecule has 0 aromatic heterocycles. The lowest BCUT2D eigenvalue weighted by Gasteiger charge is -1.83. The average molecular weight is 128 g/mol. The van der Waals surface area contributed by atoms with Gasteiger partial charge in [0.15, 0.2) is 6.21 Å². The van der Waals surface area contributed by atoms with Crippen molar-refractivity contribution in [2.45, 2.75) is 0 Å². The SMILES string of the molecule is N#CCON=CC(=O)O. The van der Waals surface area contributed by atoms with E-state index < -0.39 is 5.97 Å². The van der Waals surface area contributed by atoms with Gasteiger partial charge in [0, 0.05) is 0 Å². The number of oxime groups is 1. The molecule has 0 atom stereocenters. The Kier molecular flexibility index (Phi) is 3.79. The third-order valence-corrected chi connectivity index (χ3v) is 0.367. The predicted octanol–water partition coefficient (Wildman–Crippen LogP) is -0.403. The fourth-order valence-corrected chi connectivity index (χ4v) is 0.148. The molecule has 0 bridgehead atoms. The second-order valence-corrected chi connectivity index (χ2v) is 1.00. The Balaban J connectivity index is 3.28. The third kappa shape index (κ3) is 6.43. The van der Waals surface area contributed by atoms with Crippen molar-refractivity contribution in [3.63, 3.8) is 0 Å². The second-order valence-electron chi connectivity index (χ2n) is 1.00. The molecule has 0 heterocycles. The minimum atomic E-state index is -1.20. The van der Waals surface area contributed by atoms with Crippen molar-refractivity contribution in [2.75, 3.05) is 6.61 Å². The standard InChI is InChI=1S/C4H4N2O3/c5-1-2-9-6-3-4(7)8/h3H,2H2,(H,7,8). The van der Waals surface area contributed by atoms with Gasteiger partial charge < -0.3 is 9.94 Å². The maximum atomic E-state index is 9.65. The molecule has 0 aromatic rings. The first-order chi connectivity index (χ1) is 4.27. The highest BCUT2D eigenvalue weighted by Crippen LogP contribution is 1.69. The summed E-state index contributed by atoms with van der Waals surface area (Å²) in [6, 6.07) is 1.61. The summed E-state index contributed by atoms with van der Waals surface area (Å²) < 4.78 is 0. The van der Waals surface area contributed by atoms with Crippen LogP contribution in [0.25, 0.3) is 0 Å². The number of nitriles is 1. The number of aliphatic carboxylic acids is 1. The third-order valence-electron chi connectivity index (χ3n) is 0.367. The Hall–Kier alpha value is -1.57. The molecule has 0 amide bonds. The van der Waals surface area contributed by atoms with Crippen LogP contribution in [-0.2, 0) is 9.63 Å². The molecule has 48 valence electrons. The summed E-state index contributed by atoms with van der Waals surface area (Å²) >= 11 is 0. The molecule has 0 saturated carbocycles. The van der Waals surface area contributed by atoms with Crippen LogP contribution in [0, 0.1) is 11.3 Å². The molecule has 5 heteroatoms. The maximum Gasteiger partial charge on any atom is 0.350 e. The zero-order valence-electron chi connectivity index (χ0n) is 4.44. The molecule has 1 N–H and O–H groups in total. The molecule has 0 rings (SSSR count). The van der Waals surface area contributed by atoms with Crippen LogP contribution in [0.5, 0.6) is 0 Å². The quantitative estimate of drug-likeness (QED) is 0.318. The zero-order valence-corrected chi connectivity index (χ0v) is 4.44. The Morgan fingerprint density at radius 1 is 2.00 bits per heavy atom. The number of rotatable bonds is 3. The van der Waals surface area contributed by atoms with Gasteiger partial charge in [0.1, 0.15) is 6.07 Å². The molecule has 0 spiro atoms. The van der Waals surface area contributed by atoms with Crippen LogP contribution in [0.15, 0.2) is 5.16 Å². The lowest BCUT2D eigenvalue weighted by Crippen LogP contribution is -1.95. The highest BCUT2D eigenvalue weighted by Gasteiger charge is 1.84. The number of carboxylic acid groups (broad SMARTS) is 1. The maximum absolute atomic E-state index is 9.65. The topological polar surface area (TPSA) is 82.7 Å². The fraction of sp³-hybridized carbons (Fsp3) is 0.250. The molecule has 0 aliphatic rings. The van der Waals surface area contributed by atoms with Gasteiger partial charge in [-0.05, 0) is 0 Å². The summed E-state index contributed by atoms with van der Waals surface area (Å²) in [5.74, 6) is -1.20. The fourth-order valence-electron chi connectivity index (χ4n) is 0.148. The van der Waals surface area contributed by atoms with Gasteiger partial charge in [0.2, 0.25) is 6.61 Å². The molecule has 5 nitrogen and oxygen atoms in total. The first-order valence-corrected chi connectivity index (χ1v) is 2.02. The van der Waals surface area contributed by atoms with Crippen LogP contribution >= 0.6 is 0 Å². The zero-order chi connectivity index (χ0) is 7.11. The molecule has 0 fully saturated rings. The summed E-state index contributed by atoms with van der Waals surface area (Å²) in [7, 11) is 0. The highest BCUT2D eigenvalue weighted by atomic mass is 16.6. The molecular weight excluding hydrogens is 124 g/mol. The van der Waals surface area contributed by atoms with Gasteiger partial charge in [0.05, 0.1) is 0 Å². The molecule has 0 radical (unpaired) electrons. The average Bonchev–Trinajstić information content (AvgIpc) is 1.80. The Labute approximate surface area is 51.1 Å². The summed E-state index contributed by atoms with van der Waals surface area (Å²) in [5, 5.41) is 18.6. The number of hydrogen-bond acceptors (Lipinski definition) is 4. The van der Waals surface area contributed by atoms with E-state index in [0.717, 1.165) is 0 Å². The van der Waals surface area contributed by atoms with Crippen molar-refractivity contribution in [3.8, 4) is 6.07 Å². The van der Waals surface area contributed by atoms with Crippen LogP contribution in [0.2, 0.25) is 0 Å². The molecule has 0 saturated heterocycles. The lowest BCUT2D eigenvalue weighted by molar-refractivity contribution is -0.129. The van der Waals surface area contributed by atoms with E-state index in [1.54, 1.807) is 6.07 Å². The minimum absolute atomic E-state index is 0.232. The van der Waals surface area contributed by atoms with Gasteiger partial charge in [-0.15, -0.1) is 0 Å². The molecular formula is C4H4N2O3. The smallest absolute Gasteiger partial charge is 0.350 e. The van der Waals surface area contributed by atoms with Crippen molar-refractivity contribution in [1.82, 2.24) is 0 Å². The van der Waals surface area contributed by atoms with Crippen molar-refractivity contribution in [1.29, 1.82) is 5.26 Å². The van der Waals surface area contributed by atoms with Crippen LogP contribution < -0.4 is 0 Å². The van der Waals surface area contributed by atoms with Gasteiger partial charge in [-0.1, -0.05) is 5.16 Å². The largest absolute Gasteiger partial charge is 0.477 e. The van der Waals surface area contributed by atoms with E-state index in [1.807, 2.05) is 0 Å². The number of carbonyl (C=O) groups is 1. The van der Waals surface area contributed by atoms with Crippen LogP contribution in [0.3, 0.4) is 0 Å². The molecule has 0 aliphatic carbocycles. The number of carboxylic acids is 1. The summed E-state index contributed by atoms with van der Waals surface area (Å²) in [4.78, 5) is 13.8. The minimum Gasteiger partial charge on any atom is -0.477 e. The van der Waals surface area contributed by atoms with Crippen LogP contribution in [-0.4, -0.2) is 23.9 Å². The molecule has 9 heavy (non-hydrogen) atoms. The van der Waals surface area contributed by atoms with Crippen molar-refractivity contribution in [3.05, 3.63) is 0 Å². The van der Waals surface area contributed by atoms with Crippen molar-refractivity contribution < 1.29 is 14.7 Å². The molecule has 0 aliphatic heterocycles. The summed E-state index contributed by atoms with van der Waals surface area (Å²) in [6.45, 7) is -0.232. The van der Waals surface area contributed by atoms with E-state index in [0.29, 0.717) is 6.21 Å². The van der Waals surface area contributed by atoms with Crippen molar-refractivity contribution in [2.24, 2.45) is 5.16 Å². The Morgan fingerprint density at radius 3 is 3.11 bits per heavy atom. The van der Waals surface area contributed by atoms with Crippen LogP contribution in [0.1, 0.15) is 0 Å². The molecule has 0 unspecified atom stereocenters. The Bertz CT molecular complexity index is 158. The second kappa shape index (κ2) is 4.59. The van der Waals surface area contributed by atoms with Gasteiger partial charge >= 0.3 is 5.97 Å². The first kappa shape index (κ1) is 7.43. The van der Waals surface area contributed by atoms with Gasteiger partial charge in [0.25, 0.3) is 0 Å². The van der Waals surface area contributed by atoms with Crippen molar-refractivity contribution >= 4 is 12.2 Å². The van der Waals surface area contributed by atoms with E-state index in [-0.39, 0.29) is 6.61 Å². The van der Waals surface area contributed by atoms with Gasteiger partial charge in [-0.2, -0.15) is 5.26 Å². The Morgan fingerprint density at radius 2 is 2.67 bits per heavy atom. The highest BCUT2D eigenvalue weighted by molar-refractivity contribution is 6.21. The first-order valence-electron chi connectivity index (χ1n) is 2.02. The predicted molar refractivity (Wildman–Crippen MR) is 27.7 cm³/mol. The number of hydrogen-bond donors (Lipinski definition) is 1.